The molecule has 3 fully saturated rings. The van der Waals surface area contributed by atoms with Gasteiger partial charge in [-0.3, -0.25) is 4.90 Å². The van der Waals surface area contributed by atoms with Gasteiger partial charge in [0.1, 0.15) is 24.8 Å². The minimum absolute atomic E-state index is 0.0693. The van der Waals surface area contributed by atoms with Crippen LogP contribution in [0.5, 0.6) is 5.75 Å². The second-order valence-corrected chi connectivity index (χ2v) is 14.6. The molecule has 0 amide bonds. The number of rotatable bonds is 11. The fourth-order valence-corrected chi connectivity index (χ4v) is 7.57. The predicted octanol–water partition coefficient (Wildman–Crippen LogP) is 5.53. The molecule has 51 heavy (non-hydrogen) atoms. The average Bonchev–Trinajstić information content (AvgIpc) is 3.75. The molecule has 3 atom stereocenters. The largest absolute Gasteiger partial charge is 0.491 e. The van der Waals surface area contributed by atoms with Crippen LogP contribution >= 0.6 is 23.2 Å². The summed E-state index contributed by atoms with van der Waals surface area (Å²) in [5.41, 5.74) is 3.81. The molecule has 3 saturated heterocycles. The van der Waals surface area contributed by atoms with E-state index in [2.05, 4.69) is 62.9 Å². The van der Waals surface area contributed by atoms with E-state index in [0.29, 0.717) is 29.8 Å². The van der Waals surface area contributed by atoms with Gasteiger partial charge in [-0.2, -0.15) is 5.10 Å². The van der Waals surface area contributed by atoms with Crippen LogP contribution in [-0.2, 0) is 15.3 Å². The van der Waals surface area contributed by atoms with Crippen LogP contribution in [0.15, 0.2) is 77.9 Å². The number of ether oxygens (including phenoxy) is 3. The summed E-state index contributed by atoms with van der Waals surface area (Å²) in [5, 5.41) is 5.42. The number of hydrogen-bond acceptors (Lipinski definition) is 9. The van der Waals surface area contributed by atoms with E-state index in [0.717, 1.165) is 81.5 Å². The molecule has 0 bridgehead atoms. The van der Waals surface area contributed by atoms with E-state index in [1.165, 1.54) is 5.69 Å². The molecule has 1 aromatic heterocycles. The van der Waals surface area contributed by atoms with Crippen molar-refractivity contribution in [2.24, 2.45) is 0 Å². The fraction of sp³-hybridized carbons (Fsp3) is 0.474. The van der Waals surface area contributed by atoms with Crippen molar-refractivity contribution in [2.45, 2.75) is 38.2 Å². The third-order valence-corrected chi connectivity index (χ3v) is 10.9. The number of halogens is 2. The van der Waals surface area contributed by atoms with Gasteiger partial charge in [0.2, 0.25) is 5.79 Å². The van der Waals surface area contributed by atoms with Crippen LogP contribution in [0.1, 0.15) is 31.9 Å². The Bertz CT molecular complexity index is 1820. The molecule has 272 valence electrons. The SMILES string of the molecule is CCC(C)n1ncn(-c2ccc(N3CCN(c4ccc(OC[C@@H]5CO[C@@](CN6CCN(C)CC6)(c6ccc(Cl)cc6Cl)O5)cc4)CC3)cc2)c1=O. The molecule has 0 N–H and O–H groups in total. The Labute approximate surface area is 309 Å². The molecule has 3 aliphatic heterocycles. The van der Waals surface area contributed by atoms with Crippen LogP contribution in [0.25, 0.3) is 5.69 Å². The second-order valence-electron chi connectivity index (χ2n) is 13.8. The van der Waals surface area contributed by atoms with Gasteiger partial charge in [-0.05, 0) is 81.1 Å². The van der Waals surface area contributed by atoms with Crippen molar-refractivity contribution >= 4 is 34.6 Å². The molecule has 7 rings (SSSR count). The van der Waals surface area contributed by atoms with Gasteiger partial charge in [0.15, 0.2) is 0 Å². The van der Waals surface area contributed by atoms with Gasteiger partial charge in [-0.1, -0.05) is 36.2 Å². The molecule has 4 heterocycles. The lowest BCUT2D eigenvalue weighted by atomic mass is 10.0. The Morgan fingerprint density at radius 1 is 0.882 bits per heavy atom. The highest BCUT2D eigenvalue weighted by atomic mass is 35.5. The van der Waals surface area contributed by atoms with Gasteiger partial charge >= 0.3 is 5.69 Å². The summed E-state index contributed by atoms with van der Waals surface area (Å²) < 4.78 is 22.5. The number of piperazine rings is 2. The molecular formula is C38H47Cl2N7O4. The van der Waals surface area contributed by atoms with Crippen molar-refractivity contribution in [3.05, 3.63) is 99.2 Å². The van der Waals surface area contributed by atoms with E-state index in [-0.39, 0.29) is 17.8 Å². The lowest BCUT2D eigenvalue weighted by Crippen LogP contribution is -2.50. The van der Waals surface area contributed by atoms with Crippen LogP contribution in [0.4, 0.5) is 11.4 Å². The van der Waals surface area contributed by atoms with Crippen LogP contribution in [0.3, 0.4) is 0 Å². The molecule has 0 saturated carbocycles. The van der Waals surface area contributed by atoms with Crippen molar-refractivity contribution in [1.29, 1.82) is 0 Å². The number of hydrogen-bond donors (Lipinski definition) is 0. The average molecular weight is 737 g/mol. The minimum atomic E-state index is -0.990. The summed E-state index contributed by atoms with van der Waals surface area (Å²) >= 11 is 12.9. The molecule has 3 aliphatic rings. The zero-order valence-electron chi connectivity index (χ0n) is 29.6. The van der Waals surface area contributed by atoms with E-state index in [1.54, 1.807) is 21.6 Å². The van der Waals surface area contributed by atoms with Gasteiger partial charge in [-0.25, -0.2) is 14.0 Å². The molecule has 4 aromatic rings. The summed E-state index contributed by atoms with van der Waals surface area (Å²) in [6, 6.07) is 22.0. The Morgan fingerprint density at radius 2 is 1.51 bits per heavy atom. The smallest absolute Gasteiger partial charge is 0.350 e. The minimum Gasteiger partial charge on any atom is -0.491 e. The lowest BCUT2D eigenvalue weighted by Gasteiger charge is -2.38. The van der Waals surface area contributed by atoms with Crippen LogP contribution < -0.4 is 20.2 Å². The normalized spacial score (nSPS) is 22.4. The highest BCUT2D eigenvalue weighted by molar-refractivity contribution is 6.35. The lowest BCUT2D eigenvalue weighted by molar-refractivity contribution is -0.193. The van der Waals surface area contributed by atoms with Gasteiger partial charge in [0.25, 0.3) is 0 Å². The second kappa shape index (κ2) is 15.6. The zero-order valence-corrected chi connectivity index (χ0v) is 31.1. The van der Waals surface area contributed by atoms with E-state index < -0.39 is 5.79 Å². The van der Waals surface area contributed by atoms with Crippen molar-refractivity contribution in [3.63, 3.8) is 0 Å². The fourth-order valence-electron chi connectivity index (χ4n) is 7.01. The van der Waals surface area contributed by atoms with Crippen molar-refractivity contribution in [1.82, 2.24) is 24.1 Å². The summed E-state index contributed by atoms with van der Waals surface area (Å²) in [6.07, 6.45) is 2.21. The van der Waals surface area contributed by atoms with Gasteiger partial charge in [0, 0.05) is 74.3 Å². The molecule has 3 aromatic carbocycles. The molecule has 0 spiro atoms. The number of aromatic nitrogens is 3. The Hall–Kier alpha value is -3.58. The third kappa shape index (κ3) is 7.94. The monoisotopic (exact) mass is 735 g/mol. The van der Waals surface area contributed by atoms with E-state index in [4.69, 9.17) is 37.4 Å². The van der Waals surface area contributed by atoms with E-state index in [1.807, 2.05) is 43.3 Å². The van der Waals surface area contributed by atoms with Gasteiger partial charge in [0.05, 0.1) is 29.9 Å². The van der Waals surface area contributed by atoms with Crippen molar-refractivity contribution < 1.29 is 14.2 Å². The van der Waals surface area contributed by atoms with E-state index >= 15 is 0 Å². The van der Waals surface area contributed by atoms with Crippen LogP contribution in [0.2, 0.25) is 10.0 Å². The maximum absolute atomic E-state index is 12.8. The first kappa shape index (κ1) is 35.8. The summed E-state index contributed by atoms with van der Waals surface area (Å²) in [6.45, 7) is 12.9. The zero-order chi connectivity index (χ0) is 35.5. The molecule has 0 aliphatic carbocycles. The summed E-state index contributed by atoms with van der Waals surface area (Å²) in [4.78, 5) is 22.3. The summed E-state index contributed by atoms with van der Waals surface area (Å²) in [7, 11) is 2.14. The van der Waals surface area contributed by atoms with Crippen LogP contribution in [0, 0.1) is 0 Å². The highest BCUT2D eigenvalue weighted by Gasteiger charge is 2.46. The first-order valence-electron chi connectivity index (χ1n) is 17.9. The van der Waals surface area contributed by atoms with Crippen molar-refractivity contribution in [2.75, 3.05) is 89.0 Å². The summed E-state index contributed by atoms with van der Waals surface area (Å²) in [5.74, 6) is -0.202. The first-order chi connectivity index (χ1) is 24.7. The van der Waals surface area contributed by atoms with Crippen LogP contribution in [-0.4, -0.2) is 109 Å². The topological polar surface area (TPSA) is 80.5 Å². The highest BCUT2D eigenvalue weighted by Crippen LogP contribution is 2.40. The predicted molar refractivity (Wildman–Crippen MR) is 202 cm³/mol. The molecule has 13 heteroatoms. The maximum atomic E-state index is 12.8. The molecule has 11 nitrogen and oxygen atoms in total. The van der Waals surface area contributed by atoms with Gasteiger partial charge < -0.3 is 28.9 Å². The standard InChI is InChI=1S/C38H47Cl2N7O4/c1-4-28(2)47-37(48)46(27-41-47)32-8-6-30(7-9-32)44-19-21-45(22-20-44)31-10-12-33(13-11-31)49-24-34-25-50-38(51-34,26-43-17-15-42(3)16-18-43)35-14-5-29(39)23-36(35)40/h5-14,23,27-28,34H,4,15-22,24-26H2,1-3H3/t28?,34-,38-/m1/s1. The Kier molecular flexibility index (Phi) is 10.9. The van der Waals surface area contributed by atoms with Gasteiger partial charge in [-0.15, -0.1) is 0 Å². The Morgan fingerprint density at radius 3 is 2.14 bits per heavy atom. The molecular weight excluding hydrogens is 689 g/mol. The number of likely N-dealkylation sites (N-methyl/N-ethyl adjacent to an activating group) is 1. The van der Waals surface area contributed by atoms with E-state index in [9.17, 15) is 4.79 Å². The number of anilines is 2. The molecule has 1 unspecified atom stereocenters. The first-order valence-corrected chi connectivity index (χ1v) is 18.6. The number of nitrogens with zero attached hydrogens (tertiary/aromatic N) is 7. The number of benzene rings is 3. The Balaban J connectivity index is 0.920. The third-order valence-electron chi connectivity index (χ3n) is 10.3. The van der Waals surface area contributed by atoms with Crippen molar-refractivity contribution in [3.8, 4) is 11.4 Å². The molecule has 0 radical (unpaired) electrons. The quantitative estimate of drug-likeness (QED) is 0.198. The maximum Gasteiger partial charge on any atom is 0.350 e.